The van der Waals surface area contributed by atoms with Crippen molar-refractivity contribution in [3.05, 3.63) is 29.0 Å². The Balaban J connectivity index is 1.97. The molecule has 0 aromatic carbocycles. The van der Waals surface area contributed by atoms with Gasteiger partial charge in [0.2, 0.25) is 0 Å². The van der Waals surface area contributed by atoms with Gasteiger partial charge < -0.3 is 10.3 Å². The Bertz CT molecular complexity index is 365. The summed E-state index contributed by atoms with van der Waals surface area (Å²) in [6, 6.07) is 0. The Morgan fingerprint density at radius 1 is 1.38 bits per heavy atom. The van der Waals surface area contributed by atoms with Gasteiger partial charge in [-0.05, 0) is 0 Å². The van der Waals surface area contributed by atoms with Crippen molar-refractivity contribution < 1.29 is 0 Å². The number of hydrogen-bond acceptors (Lipinski definition) is 4. The zero-order valence-electron chi connectivity index (χ0n) is 7.05. The van der Waals surface area contributed by atoms with E-state index >= 15 is 0 Å². The summed E-state index contributed by atoms with van der Waals surface area (Å²) in [5.74, 6) is 0.566. The van der Waals surface area contributed by atoms with Crippen LogP contribution in [-0.4, -0.2) is 14.5 Å². The van der Waals surface area contributed by atoms with Crippen LogP contribution in [0.3, 0.4) is 0 Å². The van der Waals surface area contributed by atoms with Gasteiger partial charge in [0.25, 0.3) is 0 Å². The minimum atomic E-state index is 0.566. The van der Waals surface area contributed by atoms with Gasteiger partial charge in [-0.2, -0.15) is 0 Å². The molecule has 13 heavy (non-hydrogen) atoms. The van der Waals surface area contributed by atoms with Crippen molar-refractivity contribution in [3.8, 4) is 0 Å². The smallest absolute Gasteiger partial charge is 0.200 e. The molecule has 0 saturated heterocycles. The van der Waals surface area contributed by atoms with Gasteiger partial charge in [-0.1, -0.05) is 0 Å². The molecule has 0 saturated carbocycles. The summed E-state index contributed by atoms with van der Waals surface area (Å²) < 4.78 is 1.92. The first-order chi connectivity index (χ1) is 6.36. The SMILES string of the molecule is Nc1nccn1CCc1nccs1. The number of nitrogens with zero attached hydrogens (tertiary/aromatic N) is 3. The van der Waals surface area contributed by atoms with E-state index in [0.29, 0.717) is 5.95 Å². The summed E-state index contributed by atoms with van der Waals surface area (Å²) >= 11 is 1.66. The molecule has 0 bridgehead atoms. The van der Waals surface area contributed by atoms with Gasteiger partial charge in [0.1, 0.15) is 0 Å². The average molecular weight is 194 g/mol. The molecule has 2 heterocycles. The highest BCUT2D eigenvalue weighted by atomic mass is 32.1. The monoisotopic (exact) mass is 194 g/mol. The third-order valence-corrected chi connectivity index (χ3v) is 2.64. The Labute approximate surface area is 80.1 Å². The molecule has 0 spiro atoms. The van der Waals surface area contributed by atoms with E-state index in [2.05, 4.69) is 9.97 Å². The lowest BCUT2D eigenvalue weighted by molar-refractivity contribution is 0.703. The Hall–Kier alpha value is -1.36. The summed E-state index contributed by atoms with van der Waals surface area (Å²) in [5, 5.41) is 3.11. The fourth-order valence-electron chi connectivity index (χ4n) is 1.12. The summed E-state index contributed by atoms with van der Waals surface area (Å²) in [4.78, 5) is 8.13. The van der Waals surface area contributed by atoms with Crippen molar-refractivity contribution in [1.82, 2.24) is 14.5 Å². The number of aromatic nitrogens is 3. The maximum Gasteiger partial charge on any atom is 0.200 e. The average Bonchev–Trinajstić information content (AvgIpc) is 2.72. The second-order valence-electron chi connectivity index (χ2n) is 2.65. The highest BCUT2D eigenvalue weighted by molar-refractivity contribution is 7.09. The third kappa shape index (κ3) is 1.86. The molecule has 0 fully saturated rings. The molecule has 0 aliphatic heterocycles. The van der Waals surface area contributed by atoms with E-state index in [1.807, 2.05) is 22.3 Å². The van der Waals surface area contributed by atoms with Crippen molar-refractivity contribution in [3.63, 3.8) is 0 Å². The maximum absolute atomic E-state index is 5.61. The topological polar surface area (TPSA) is 56.7 Å². The van der Waals surface area contributed by atoms with Crippen LogP contribution >= 0.6 is 11.3 Å². The van der Waals surface area contributed by atoms with Crippen molar-refractivity contribution in [2.45, 2.75) is 13.0 Å². The summed E-state index contributed by atoms with van der Waals surface area (Å²) in [7, 11) is 0. The number of nitrogens with two attached hydrogens (primary N) is 1. The first kappa shape index (κ1) is 8.25. The summed E-state index contributed by atoms with van der Waals surface area (Å²) in [5.41, 5.74) is 5.61. The number of aryl methyl sites for hydroxylation is 2. The quantitative estimate of drug-likeness (QED) is 0.797. The van der Waals surface area contributed by atoms with Gasteiger partial charge in [-0.15, -0.1) is 11.3 Å². The number of thiazole rings is 1. The number of hydrogen-bond donors (Lipinski definition) is 1. The Morgan fingerprint density at radius 2 is 2.31 bits per heavy atom. The van der Waals surface area contributed by atoms with Crippen LogP contribution in [0.4, 0.5) is 5.95 Å². The standard InChI is InChI=1S/C8H10N4S/c9-8-11-2-5-12(8)4-1-7-10-3-6-13-7/h2-3,5-6H,1,4H2,(H2,9,11). The molecular weight excluding hydrogens is 184 g/mol. The molecule has 5 heteroatoms. The highest BCUT2D eigenvalue weighted by Crippen LogP contribution is 2.07. The molecule has 0 aliphatic carbocycles. The first-order valence-electron chi connectivity index (χ1n) is 4.01. The van der Waals surface area contributed by atoms with Crippen LogP contribution in [0.2, 0.25) is 0 Å². The second kappa shape index (κ2) is 3.57. The van der Waals surface area contributed by atoms with E-state index in [1.165, 1.54) is 0 Å². The van der Waals surface area contributed by atoms with Gasteiger partial charge in [0, 0.05) is 36.9 Å². The molecule has 2 aromatic rings. The number of imidazole rings is 1. The largest absolute Gasteiger partial charge is 0.369 e. The minimum absolute atomic E-state index is 0.566. The molecule has 0 radical (unpaired) electrons. The molecule has 0 amide bonds. The van der Waals surface area contributed by atoms with Gasteiger partial charge in [0.05, 0.1) is 5.01 Å². The van der Waals surface area contributed by atoms with Crippen LogP contribution < -0.4 is 5.73 Å². The van der Waals surface area contributed by atoms with Crippen molar-refractivity contribution in [2.24, 2.45) is 0 Å². The fourth-order valence-corrected chi connectivity index (χ4v) is 1.73. The lowest BCUT2D eigenvalue weighted by Crippen LogP contribution is -2.04. The normalized spacial score (nSPS) is 10.5. The third-order valence-electron chi connectivity index (χ3n) is 1.80. The fraction of sp³-hybridized carbons (Fsp3) is 0.250. The molecule has 2 rings (SSSR count). The molecular formula is C8H10N4S. The van der Waals surface area contributed by atoms with Crippen LogP contribution in [0.5, 0.6) is 0 Å². The second-order valence-corrected chi connectivity index (χ2v) is 3.63. The molecule has 2 N–H and O–H groups in total. The molecule has 68 valence electrons. The predicted molar refractivity (Wildman–Crippen MR) is 52.5 cm³/mol. The molecule has 2 aromatic heterocycles. The van der Waals surface area contributed by atoms with Gasteiger partial charge in [0.15, 0.2) is 5.95 Å². The number of rotatable bonds is 3. The van der Waals surface area contributed by atoms with E-state index in [-0.39, 0.29) is 0 Å². The van der Waals surface area contributed by atoms with E-state index in [0.717, 1.165) is 18.0 Å². The van der Waals surface area contributed by atoms with E-state index in [4.69, 9.17) is 5.73 Å². The number of anilines is 1. The van der Waals surface area contributed by atoms with Gasteiger partial charge in [-0.25, -0.2) is 9.97 Å². The minimum Gasteiger partial charge on any atom is -0.369 e. The van der Waals surface area contributed by atoms with Gasteiger partial charge >= 0.3 is 0 Å². The lowest BCUT2D eigenvalue weighted by atomic mass is 10.4. The van der Waals surface area contributed by atoms with Crippen LogP contribution in [0, 0.1) is 0 Å². The maximum atomic E-state index is 5.61. The predicted octanol–water partition coefficient (Wildman–Crippen LogP) is 1.16. The Kier molecular flexibility index (Phi) is 2.27. The zero-order chi connectivity index (χ0) is 9.10. The molecule has 0 atom stereocenters. The first-order valence-corrected chi connectivity index (χ1v) is 4.89. The Morgan fingerprint density at radius 3 is 2.92 bits per heavy atom. The van der Waals surface area contributed by atoms with Crippen LogP contribution in [-0.2, 0) is 13.0 Å². The summed E-state index contributed by atoms with van der Waals surface area (Å²) in [6.07, 6.45) is 6.32. The van der Waals surface area contributed by atoms with E-state index in [1.54, 1.807) is 17.5 Å². The highest BCUT2D eigenvalue weighted by Gasteiger charge is 1.99. The molecule has 0 aliphatic rings. The summed E-state index contributed by atoms with van der Waals surface area (Å²) in [6.45, 7) is 0.847. The van der Waals surface area contributed by atoms with Crippen LogP contribution in [0.15, 0.2) is 24.0 Å². The van der Waals surface area contributed by atoms with E-state index in [9.17, 15) is 0 Å². The molecule has 0 unspecified atom stereocenters. The van der Waals surface area contributed by atoms with Crippen molar-refractivity contribution in [1.29, 1.82) is 0 Å². The lowest BCUT2D eigenvalue weighted by Gasteiger charge is -2.01. The van der Waals surface area contributed by atoms with Crippen LogP contribution in [0.1, 0.15) is 5.01 Å². The van der Waals surface area contributed by atoms with Crippen molar-refractivity contribution >= 4 is 17.3 Å². The number of nitrogen functional groups attached to an aromatic ring is 1. The van der Waals surface area contributed by atoms with E-state index < -0.39 is 0 Å². The molecule has 4 nitrogen and oxygen atoms in total. The zero-order valence-corrected chi connectivity index (χ0v) is 7.87. The van der Waals surface area contributed by atoms with Crippen LogP contribution in [0.25, 0.3) is 0 Å². The van der Waals surface area contributed by atoms with Crippen molar-refractivity contribution in [2.75, 3.05) is 5.73 Å². The van der Waals surface area contributed by atoms with Gasteiger partial charge in [-0.3, -0.25) is 0 Å².